The quantitative estimate of drug-likeness (QED) is 0.592. The van der Waals surface area contributed by atoms with Gasteiger partial charge in [-0.15, -0.1) is 0 Å². The lowest BCUT2D eigenvalue weighted by molar-refractivity contribution is 0.505. The van der Waals surface area contributed by atoms with Gasteiger partial charge in [-0.2, -0.15) is 0 Å². The van der Waals surface area contributed by atoms with E-state index in [-0.39, 0.29) is 0 Å². The Bertz CT molecular complexity index is 1050. The van der Waals surface area contributed by atoms with E-state index in [1.807, 2.05) is 18.2 Å². The number of nitrogens with two attached hydrogens (primary N) is 1. The highest BCUT2D eigenvalue weighted by Crippen LogP contribution is 2.34. The standard InChI is InChI=1S/C18H16FN5/c1-18(2,20)16-12(19)8-23-17-15(16)11-6-13(22-9-14(11)24-17)10-4-3-5-21-7-10/h3-9H,20H2,1-2H3,(H,23,24). The van der Waals surface area contributed by atoms with E-state index in [0.717, 1.165) is 22.2 Å². The van der Waals surface area contributed by atoms with E-state index < -0.39 is 11.4 Å². The van der Waals surface area contributed by atoms with Crippen LogP contribution in [0.1, 0.15) is 19.4 Å². The average Bonchev–Trinajstić information content (AvgIpc) is 2.92. The van der Waals surface area contributed by atoms with Gasteiger partial charge in [0.05, 0.1) is 23.6 Å². The van der Waals surface area contributed by atoms with Crippen molar-refractivity contribution in [3.05, 3.63) is 54.4 Å². The largest absolute Gasteiger partial charge is 0.338 e. The van der Waals surface area contributed by atoms with Crippen LogP contribution < -0.4 is 5.73 Å². The van der Waals surface area contributed by atoms with Crippen LogP contribution >= 0.6 is 0 Å². The molecule has 0 aliphatic rings. The molecule has 4 heterocycles. The van der Waals surface area contributed by atoms with Crippen LogP contribution in [0.5, 0.6) is 0 Å². The third-order valence-electron chi connectivity index (χ3n) is 4.06. The monoisotopic (exact) mass is 321 g/mol. The number of pyridine rings is 3. The van der Waals surface area contributed by atoms with Gasteiger partial charge in [-0.25, -0.2) is 9.37 Å². The van der Waals surface area contributed by atoms with Crippen LogP contribution in [0.2, 0.25) is 0 Å². The molecule has 0 aromatic carbocycles. The second kappa shape index (κ2) is 5.07. The Morgan fingerprint density at radius 1 is 1.17 bits per heavy atom. The number of aromatic nitrogens is 4. The highest BCUT2D eigenvalue weighted by atomic mass is 19.1. The molecule has 120 valence electrons. The molecule has 6 heteroatoms. The normalized spacial score (nSPS) is 12.2. The van der Waals surface area contributed by atoms with Crippen molar-refractivity contribution in [2.24, 2.45) is 5.73 Å². The minimum Gasteiger partial charge on any atom is -0.338 e. The van der Waals surface area contributed by atoms with E-state index in [1.165, 1.54) is 6.20 Å². The first-order valence-electron chi connectivity index (χ1n) is 7.61. The molecule has 24 heavy (non-hydrogen) atoms. The van der Waals surface area contributed by atoms with Gasteiger partial charge in [0, 0.05) is 39.8 Å². The molecule has 4 aromatic heterocycles. The molecule has 0 aliphatic heterocycles. The SMILES string of the molecule is CC(C)(N)c1c(F)cnc2[nH]c3cnc(-c4cccnc4)cc3c12. The summed E-state index contributed by atoms with van der Waals surface area (Å²) in [6, 6.07) is 5.70. The van der Waals surface area contributed by atoms with Crippen molar-refractivity contribution < 1.29 is 4.39 Å². The van der Waals surface area contributed by atoms with Crippen LogP contribution in [0.15, 0.2) is 43.0 Å². The number of rotatable bonds is 2. The van der Waals surface area contributed by atoms with E-state index in [2.05, 4.69) is 19.9 Å². The molecule has 0 radical (unpaired) electrons. The van der Waals surface area contributed by atoms with Crippen LogP contribution in [-0.2, 0) is 5.54 Å². The highest BCUT2D eigenvalue weighted by Gasteiger charge is 2.25. The smallest absolute Gasteiger partial charge is 0.147 e. The molecule has 0 saturated carbocycles. The number of H-pyrrole nitrogens is 1. The zero-order valence-electron chi connectivity index (χ0n) is 13.3. The van der Waals surface area contributed by atoms with Crippen molar-refractivity contribution in [1.29, 1.82) is 0 Å². The average molecular weight is 321 g/mol. The molecule has 4 aromatic rings. The zero-order chi connectivity index (χ0) is 16.9. The van der Waals surface area contributed by atoms with Crippen LogP contribution in [0.4, 0.5) is 4.39 Å². The predicted octanol–water partition coefficient (Wildman–Crippen LogP) is 3.51. The molecule has 0 unspecified atom stereocenters. The van der Waals surface area contributed by atoms with E-state index in [1.54, 1.807) is 32.4 Å². The van der Waals surface area contributed by atoms with Gasteiger partial charge in [0.2, 0.25) is 0 Å². The Hall–Kier alpha value is -2.86. The first-order chi connectivity index (χ1) is 11.4. The van der Waals surface area contributed by atoms with Crippen molar-refractivity contribution in [3.8, 4) is 11.3 Å². The number of nitrogens with one attached hydrogen (secondary N) is 1. The molecule has 5 nitrogen and oxygen atoms in total. The van der Waals surface area contributed by atoms with E-state index in [4.69, 9.17) is 5.73 Å². The van der Waals surface area contributed by atoms with Gasteiger partial charge in [0.1, 0.15) is 11.5 Å². The van der Waals surface area contributed by atoms with Crippen molar-refractivity contribution >= 4 is 21.9 Å². The lowest BCUT2D eigenvalue weighted by Crippen LogP contribution is -2.30. The van der Waals surface area contributed by atoms with Gasteiger partial charge in [0.25, 0.3) is 0 Å². The van der Waals surface area contributed by atoms with E-state index in [9.17, 15) is 4.39 Å². The Labute approximate surface area is 137 Å². The fraction of sp³-hybridized carbons (Fsp3) is 0.167. The molecule has 0 bridgehead atoms. The van der Waals surface area contributed by atoms with Crippen LogP contribution in [0, 0.1) is 5.82 Å². The van der Waals surface area contributed by atoms with Crippen LogP contribution in [0.25, 0.3) is 33.2 Å². The van der Waals surface area contributed by atoms with Gasteiger partial charge >= 0.3 is 0 Å². The lowest BCUT2D eigenvalue weighted by Gasteiger charge is -2.21. The van der Waals surface area contributed by atoms with Gasteiger partial charge in [0.15, 0.2) is 0 Å². The van der Waals surface area contributed by atoms with Gasteiger partial charge in [-0.3, -0.25) is 9.97 Å². The summed E-state index contributed by atoms with van der Waals surface area (Å²) in [6.07, 6.45) is 6.39. The van der Waals surface area contributed by atoms with E-state index >= 15 is 0 Å². The number of halogens is 1. The van der Waals surface area contributed by atoms with Crippen molar-refractivity contribution in [3.63, 3.8) is 0 Å². The van der Waals surface area contributed by atoms with Crippen molar-refractivity contribution in [2.75, 3.05) is 0 Å². The minimum absolute atomic E-state index is 0.407. The third kappa shape index (κ3) is 2.23. The van der Waals surface area contributed by atoms with Crippen LogP contribution in [-0.4, -0.2) is 19.9 Å². The maximum absolute atomic E-state index is 14.5. The summed E-state index contributed by atoms with van der Waals surface area (Å²) < 4.78 is 14.5. The fourth-order valence-electron chi connectivity index (χ4n) is 3.04. The number of fused-ring (bicyclic) bond motifs is 3. The molecule has 0 amide bonds. The Morgan fingerprint density at radius 3 is 2.71 bits per heavy atom. The zero-order valence-corrected chi connectivity index (χ0v) is 13.3. The second-order valence-electron chi connectivity index (χ2n) is 6.41. The van der Waals surface area contributed by atoms with Gasteiger partial charge in [-0.05, 0) is 32.0 Å². The summed E-state index contributed by atoms with van der Waals surface area (Å²) in [7, 11) is 0. The summed E-state index contributed by atoms with van der Waals surface area (Å²) in [5.41, 5.74) is 8.88. The maximum atomic E-state index is 14.5. The minimum atomic E-state index is -0.835. The molecule has 4 rings (SSSR count). The first kappa shape index (κ1) is 14.7. The summed E-state index contributed by atoms with van der Waals surface area (Å²) in [4.78, 5) is 15.9. The predicted molar refractivity (Wildman–Crippen MR) is 91.8 cm³/mol. The number of aromatic amines is 1. The maximum Gasteiger partial charge on any atom is 0.147 e. The molecule has 3 N–H and O–H groups in total. The molecule has 0 aliphatic carbocycles. The molecule has 0 spiro atoms. The number of nitrogens with zero attached hydrogens (tertiary/aromatic N) is 3. The molecule has 0 atom stereocenters. The summed E-state index contributed by atoms with van der Waals surface area (Å²) >= 11 is 0. The summed E-state index contributed by atoms with van der Waals surface area (Å²) in [6.45, 7) is 3.57. The molecule has 0 fully saturated rings. The molecular formula is C18H16FN5. The molecular weight excluding hydrogens is 305 g/mol. The van der Waals surface area contributed by atoms with Crippen molar-refractivity contribution in [2.45, 2.75) is 19.4 Å². The lowest BCUT2D eigenvalue weighted by atomic mass is 9.92. The highest BCUT2D eigenvalue weighted by molar-refractivity contribution is 6.08. The number of hydrogen-bond acceptors (Lipinski definition) is 4. The first-order valence-corrected chi connectivity index (χ1v) is 7.61. The Balaban J connectivity index is 2.09. The van der Waals surface area contributed by atoms with Gasteiger partial charge in [-0.1, -0.05) is 0 Å². The fourth-order valence-corrected chi connectivity index (χ4v) is 3.04. The molecule has 0 saturated heterocycles. The third-order valence-corrected chi connectivity index (χ3v) is 4.06. The summed E-state index contributed by atoms with van der Waals surface area (Å²) in [5, 5.41) is 1.55. The van der Waals surface area contributed by atoms with Crippen LogP contribution in [0.3, 0.4) is 0 Å². The topological polar surface area (TPSA) is 80.5 Å². The summed E-state index contributed by atoms with van der Waals surface area (Å²) in [5.74, 6) is -0.407. The Kier molecular flexibility index (Phi) is 3.11. The van der Waals surface area contributed by atoms with Crippen molar-refractivity contribution in [1.82, 2.24) is 19.9 Å². The second-order valence-corrected chi connectivity index (χ2v) is 6.41. The Morgan fingerprint density at radius 2 is 2.00 bits per heavy atom. The number of hydrogen-bond donors (Lipinski definition) is 2. The van der Waals surface area contributed by atoms with E-state index in [0.29, 0.717) is 16.6 Å². The van der Waals surface area contributed by atoms with Gasteiger partial charge < -0.3 is 10.7 Å².